The SMILES string of the molecule is CC(C)(C)c1cnn2c1C(C)(C)CCC2. The standard InChI is InChI=1S/C13H22N2/c1-12(2,3)10-9-14-15-8-6-7-13(4,5)11(10)15/h9H,6-8H2,1-5H3. The molecule has 1 aromatic rings. The average molecular weight is 206 g/mol. The summed E-state index contributed by atoms with van der Waals surface area (Å²) in [6.45, 7) is 12.6. The highest BCUT2D eigenvalue weighted by atomic mass is 15.3. The maximum absolute atomic E-state index is 4.54. The fourth-order valence-corrected chi connectivity index (χ4v) is 2.61. The summed E-state index contributed by atoms with van der Waals surface area (Å²) in [5, 5.41) is 4.54. The van der Waals surface area contributed by atoms with E-state index in [1.54, 1.807) is 0 Å². The number of hydrogen-bond acceptors (Lipinski definition) is 1. The highest BCUT2D eigenvalue weighted by molar-refractivity contribution is 5.32. The average Bonchev–Trinajstić information content (AvgIpc) is 2.46. The van der Waals surface area contributed by atoms with Crippen LogP contribution in [-0.4, -0.2) is 9.78 Å². The van der Waals surface area contributed by atoms with Crippen molar-refractivity contribution in [1.82, 2.24) is 9.78 Å². The van der Waals surface area contributed by atoms with Gasteiger partial charge in [0.25, 0.3) is 0 Å². The fraction of sp³-hybridized carbons (Fsp3) is 0.769. The predicted octanol–water partition coefficient (Wildman–Crippen LogP) is 3.25. The minimum Gasteiger partial charge on any atom is -0.269 e. The molecular formula is C13H22N2. The Morgan fingerprint density at radius 2 is 2.00 bits per heavy atom. The Morgan fingerprint density at radius 3 is 2.60 bits per heavy atom. The van der Waals surface area contributed by atoms with Crippen LogP contribution in [0, 0.1) is 0 Å². The molecule has 0 N–H and O–H groups in total. The molecule has 0 saturated heterocycles. The molecule has 1 aliphatic heterocycles. The third-order valence-corrected chi connectivity index (χ3v) is 3.46. The van der Waals surface area contributed by atoms with Crippen LogP contribution in [-0.2, 0) is 17.4 Å². The zero-order valence-electron chi connectivity index (χ0n) is 10.6. The molecule has 0 spiro atoms. The van der Waals surface area contributed by atoms with Crippen LogP contribution in [0.2, 0.25) is 0 Å². The van der Waals surface area contributed by atoms with E-state index in [9.17, 15) is 0 Å². The third kappa shape index (κ3) is 1.70. The van der Waals surface area contributed by atoms with Crippen LogP contribution in [0.3, 0.4) is 0 Å². The van der Waals surface area contributed by atoms with Gasteiger partial charge in [0.15, 0.2) is 0 Å². The molecule has 0 unspecified atom stereocenters. The van der Waals surface area contributed by atoms with Crippen LogP contribution in [0.5, 0.6) is 0 Å². The molecule has 0 fully saturated rings. The molecule has 0 aromatic carbocycles. The lowest BCUT2D eigenvalue weighted by Crippen LogP contribution is -2.31. The van der Waals surface area contributed by atoms with Crippen molar-refractivity contribution in [3.05, 3.63) is 17.5 Å². The predicted molar refractivity (Wildman–Crippen MR) is 63.2 cm³/mol. The highest BCUT2D eigenvalue weighted by Gasteiger charge is 2.34. The Kier molecular flexibility index (Phi) is 2.21. The Balaban J connectivity index is 2.57. The van der Waals surface area contributed by atoms with Gasteiger partial charge in [0.05, 0.1) is 6.20 Å². The second kappa shape index (κ2) is 3.10. The fourth-order valence-electron chi connectivity index (χ4n) is 2.61. The van der Waals surface area contributed by atoms with Gasteiger partial charge in [0.1, 0.15) is 0 Å². The molecule has 0 bridgehead atoms. The van der Waals surface area contributed by atoms with Crippen molar-refractivity contribution >= 4 is 0 Å². The van der Waals surface area contributed by atoms with E-state index < -0.39 is 0 Å². The first-order chi connectivity index (χ1) is 6.82. The molecule has 0 amide bonds. The van der Waals surface area contributed by atoms with Crippen LogP contribution < -0.4 is 0 Å². The minimum atomic E-state index is 0.211. The Bertz CT molecular complexity index is 366. The van der Waals surface area contributed by atoms with Crippen molar-refractivity contribution in [1.29, 1.82) is 0 Å². The van der Waals surface area contributed by atoms with Crippen LogP contribution in [0.15, 0.2) is 6.20 Å². The van der Waals surface area contributed by atoms with Crippen molar-refractivity contribution in [3.63, 3.8) is 0 Å². The molecule has 0 aliphatic carbocycles. The van der Waals surface area contributed by atoms with Crippen LogP contribution in [0.25, 0.3) is 0 Å². The molecule has 0 saturated carbocycles. The van der Waals surface area contributed by atoms with Gasteiger partial charge < -0.3 is 0 Å². The summed E-state index contributed by atoms with van der Waals surface area (Å²) in [4.78, 5) is 0. The van der Waals surface area contributed by atoms with Crippen molar-refractivity contribution in [3.8, 4) is 0 Å². The minimum absolute atomic E-state index is 0.211. The summed E-state index contributed by atoms with van der Waals surface area (Å²) in [7, 11) is 0. The third-order valence-electron chi connectivity index (χ3n) is 3.46. The molecule has 2 nitrogen and oxygen atoms in total. The lowest BCUT2D eigenvalue weighted by Gasteiger charge is -2.34. The molecule has 2 rings (SSSR count). The second-order valence-corrected chi connectivity index (χ2v) is 6.37. The van der Waals surface area contributed by atoms with Crippen LogP contribution in [0.1, 0.15) is 58.7 Å². The van der Waals surface area contributed by atoms with E-state index in [-0.39, 0.29) is 10.8 Å². The van der Waals surface area contributed by atoms with E-state index in [0.717, 1.165) is 6.54 Å². The van der Waals surface area contributed by atoms with Crippen molar-refractivity contribution < 1.29 is 0 Å². The Hall–Kier alpha value is -0.790. The van der Waals surface area contributed by atoms with E-state index in [2.05, 4.69) is 50.6 Å². The van der Waals surface area contributed by atoms with Gasteiger partial charge in [-0.15, -0.1) is 0 Å². The Labute approximate surface area is 92.7 Å². The van der Waals surface area contributed by atoms with Gasteiger partial charge >= 0.3 is 0 Å². The van der Waals surface area contributed by atoms with Crippen molar-refractivity contribution in [2.24, 2.45) is 0 Å². The van der Waals surface area contributed by atoms with Gasteiger partial charge in [-0.1, -0.05) is 34.6 Å². The number of aryl methyl sites for hydroxylation is 1. The zero-order valence-corrected chi connectivity index (χ0v) is 10.6. The summed E-state index contributed by atoms with van der Waals surface area (Å²) in [6.07, 6.45) is 4.61. The molecule has 84 valence electrons. The Morgan fingerprint density at radius 1 is 1.33 bits per heavy atom. The van der Waals surface area contributed by atoms with Gasteiger partial charge in [-0.05, 0) is 23.8 Å². The molecule has 0 radical (unpaired) electrons. The smallest absolute Gasteiger partial charge is 0.0530 e. The number of aromatic nitrogens is 2. The summed E-state index contributed by atoms with van der Waals surface area (Å²) < 4.78 is 2.21. The summed E-state index contributed by atoms with van der Waals surface area (Å²) in [5.41, 5.74) is 3.38. The van der Waals surface area contributed by atoms with E-state index in [1.165, 1.54) is 24.1 Å². The molecule has 1 aliphatic rings. The second-order valence-electron chi connectivity index (χ2n) is 6.37. The quantitative estimate of drug-likeness (QED) is 0.637. The lowest BCUT2D eigenvalue weighted by atomic mass is 9.75. The maximum atomic E-state index is 4.54. The van der Waals surface area contributed by atoms with Gasteiger partial charge in [-0.25, -0.2) is 0 Å². The molecule has 1 aromatic heterocycles. The van der Waals surface area contributed by atoms with E-state index in [4.69, 9.17) is 0 Å². The van der Waals surface area contributed by atoms with Gasteiger partial charge in [-0.3, -0.25) is 4.68 Å². The van der Waals surface area contributed by atoms with E-state index in [1.807, 2.05) is 0 Å². The monoisotopic (exact) mass is 206 g/mol. The molecule has 2 heterocycles. The van der Waals surface area contributed by atoms with E-state index in [0.29, 0.717) is 0 Å². The van der Waals surface area contributed by atoms with Crippen molar-refractivity contribution in [2.45, 2.75) is 64.8 Å². The largest absolute Gasteiger partial charge is 0.269 e. The van der Waals surface area contributed by atoms with Gasteiger partial charge in [-0.2, -0.15) is 5.10 Å². The van der Waals surface area contributed by atoms with Crippen molar-refractivity contribution in [2.75, 3.05) is 0 Å². The summed E-state index contributed by atoms with van der Waals surface area (Å²) in [6, 6.07) is 0. The number of nitrogens with zero attached hydrogens (tertiary/aromatic N) is 2. The molecule has 2 heteroatoms. The summed E-state index contributed by atoms with van der Waals surface area (Å²) in [5.74, 6) is 0. The summed E-state index contributed by atoms with van der Waals surface area (Å²) >= 11 is 0. The van der Waals surface area contributed by atoms with Crippen LogP contribution in [0.4, 0.5) is 0 Å². The lowest BCUT2D eigenvalue weighted by molar-refractivity contribution is 0.336. The van der Waals surface area contributed by atoms with Gasteiger partial charge in [0.2, 0.25) is 0 Å². The van der Waals surface area contributed by atoms with E-state index >= 15 is 0 Å². The topological polar surface area (TPSA) is 17.8 Å². The normalized spacial score (nSPS) is 20.1. The maximum Gasteiger partial charge on any atom is 0.0530 e. The molecule has 0 atom stereocenters. The highest BCUT2D eigenvalue weighted by Crippen LogP contribution is 2.39. The number of hydrogen-bond donors (Lipinski definition) is 0. The first-order valence-corrected chi connectivity index (χ1v) is 5.89. The first kappa shape index (κ1) is 10.7. The molecule has 15 heavy (non-hydrogen) atoms. The number of fused-ring (bicyclic) bond motifs is 1. The first-order valence-electron chi connectivity index (χ1n) is 5.89. The van der Waals surface area contributed by atoms with Gasteiger partial charge in [0, 0.05) is 17.7 Å². The van der Waals surface area contributed by atoms with Crippen LogP contribution >= 0.6 is 0 Å². The number of rotatable bonds is 0. The molecular weight excluding hydrogens is 184 g/mol. The zero-order chi connectivity index (χ0) is 11.3.